The molecule has 1 aliphatic rings. The van der Waals surface area contributed by atoms with E-state index in [1.54, 1.807) is 13.0 Å². The van der Waals surface area contributed by atoms with Gasteiger partial charge in [-0.25, -0.2) is 0 Å². The summed E-state index contributed by atoms with van der Waals surface area (Å²) in [5.41, 5.74) is 7.58. The number of rotatable bonds is 2. The molecule has 6 nitrogen and oxygen atoms in total. The Hall–Kier alpha value is -1.82. The first-order valence-corrected chi connectivity index (χ1v) is 5.60. The van der Waals surface area contributed by atoms with E-state index in [-0.39, 0.29) is 11.4 Å². The highest BCUT2D eigenvalue weighted by Crippen LogP contribution is 2.31. The summed E-state index contributed by atoms with van der Waals surface area (Å²) in [5, 5.41) is 14.1. The average Bonchev–Trinajstić information content (AvgIpc) is 2.28. The van der Waals surface area contributed by atoms with Crippen LogP contribution in [0.3, 0.4) is 0 Å². The minimum absolute atomic E-state index is 0.0175. The van der Waals surface area contributed by atoms with Crippen LogP contribution in [-0.4, -0.2) is 31.1 Å². The van der Waals surface area contributed by atoms with Crippen LogP contribution in [0.15, 0.2) is 12.1 Å². The van der Waals surface area contributed by atoms with Crippen molar-refractivity contribution in [3.05, 3.63) is 27.8 Å². The molecule has 3 N–H and O–H groups in total. The number of piperazine rings is 1. The molecule has 1 aliphatic heterocycles. The predicted octanol–water partition coefficient (Wildman–Crippen LogP) is 0.895. The fourth-order valence-corrected chi connectivity index (χ4v) is 2.14. The third-order valence-corrected chi connectivity index (χ3v) is 2.98. The zero-order valence-electron chi connectivity index (χ0n) is 9.77. The van der Waals surface area contributed by atoms with Crippen molar-refractivity contribution in [1.29, 1.82) is 0 Å². The molecule has 6 heteroatoms. The number of nitrogens with two attached hydrogens (primary N) is 1. The van der Waals surface area contributed by atoms with E-state index in [1.807, 2.05) is 6.07 Å². The molecule has 0 bridgehead atoms. The summed E-state index contributed by atoms with van der Waals surface area (Å²) in [6.45, 7) is 5.37. The molecule has 2 rings (SSSR count). The van der Waals surface area contributed by atoms with Crippen LogP contribution in [0.25, 0.3) is 0 Å². The Bertz CT molecular complexity index is 418. The molecule has 0 radical (unpaired) electrons. The maximum absolute atomic E-state index is 10.8. The van der Waals surface area contributed by atoms with Crippen molar-refractivity contribution in [3.8, 4) is 0 Å². The molecule has 0 atom stereocenters. The summed E-state index contributed by atoms with van der Waals surface area (Å²) in [5.74, 6) is 0. The largest absolute Gasteiger partial charge is 0.393 e. The zero-order valence-corrected chi connectivity index (χ0v) is 9.77. The molecule has 1 aromatic carbocycles. The van der Waals surface area contributed by atoms with Gasteiger partial charge in [-0.15, -0.1) is 0 Å². The number of anilines is 2. The lowest BCUT2D eigenvalue weighted by molar-refractivity contribution is -0.384. The van der Waals surface area contributed by atoms with Gasteiger partial charge in [0.25, 0.3) is 5.69 Å². The molecule has 92 valence electrons. The Kier molecular flexibility index (Phi) is 3.14. The lowest BCUT2D eigenvalue weighted by Gasteiger charge is -2.29. The average molecular weight is 236 g/mol. The molecule has 0 aliphatic carbocycles. The number of nitrogens with one attached hydrogen (secondary N) is 1. The third kappa shape index (κ3) is 2.31. The van der Waals surface area contributed by atoms with Gasteiger partial charge in [-0.05, 0) is 19.1 Å². The summed E-state index contributed by atoms with van der Waals surface area (Å²) in [7, 11) is 0. The second kappa shape index (κ2) is 4.58. The summed E-state index contributed by atoms with van der Waals surface area (Å²) < 4.78 is 0. The highest BCUT2D eigenvalue weighted by atomic mass is 16.6. The van der Waals surface area contributed by atoms with Crippen LogP contribution in [0.5, 0.6) is 0 Å². The number of aryl methyl sites for hydroxylation is 1. The molecule has 1 aromatic rings. The molecular weight excluding hydrogens is 220 g/mol. The normalized spacial score (nSPS) is 15.9. The fraction of sp³-hybridized carbons (Fsp3) is 0.455. The Balaban J connectivity index is 2.34. The van der Waals surface area contributed by atoms with Crippen LogP contribution in [0.1, 0.15) is 5.56 Å². The standard InChI is InChI=1S/C11H16N4O2/c1-8-6-9(14-4-2-13-3-5-14)7-10(12)11(8)15(16)17/h6-7,13H,2-5,12H2,1H3. The molecule has 17 heavy (non-hydrogen) atoms. The topological polar surface area (TPSA) is 84.4 Å². The second-order valence-corrected chi connectivity index (χ2v) is 4.19. The molecule has 0 unspecified atom stereocenters. The Morgan fingerprint density at radius 2 is 2.06 bits per heavy atom. The van der Waals surface area contributed by atoms with E-state index in [0.29, 0.717) is 5.56 Å². The Morgan fingerprint density at radius 3 is 2.59 bits per heavy atom. The highest BCUT2D eigenvalue weighted by Gasteiger charge is 2.19. The van der Waals surface area contributed by atoms with E-state index < -0.39 is 4.92 Å². The van der Waals surface area contributed by atoms with Crippen LogP contribution >= 0.6 is 0 Å². The zero-order chi connectivity index (χ0) is 12.4. The summed E-state index contributed by atoms with van der Waals surface area (Å²) in [4.78, 5) is 12.6. The van der Waals surface area contributed by atoms with Crippen molar-refractivity contribution in [1.82, 2.24) is 5.32 Å². The predicted molar refractivity (Wildman–Crippen MR) is 67.3 cm³/mol. The minimum Gasteiger partial charge on any atom is -0.393 e. The quantitative estimate of drug-likeness (QED) is 0.452. The molecule has 1 fully saturated rings. The number of hydrogen-bond acceptors (Lipinski definition) is 5. The molecule has 1 saturated heterocycles. The van der Waals surface area contributed by atoms with Gasteiger partial charge in [0.2, 0.25) is 0 Å². The van der Waals surface area contributed by atoms with Gasteiger partial charge in [-0.1, -0.05) is 0 Å². The van der Waals surface area contributed by atoms with Gasteiger partial charge in [0.05, 0.1) is 4.92 Å². The van der Waals surface area contributed by atoms with Gasteiger partial charge in [0.15, 0.2) is 0 Å². The molecular formula is C11H16N4O2. The fourth-order valence-electron chi connectivity index (χ4n) is 2.14. The lowest BCUT2D eigenvalue weighted by atomic mass is 10.1. The maximum atomic E-state index is 10.8. The van der Waals surface area contributed by atoms with Gasteiger partial charge in [0, 0.05) is 37.4 Å². The molecule has 0 aromatic heterocycles. The SMILES string of the molecule is Cc1cc(N2CCNCC2)cc(N)c1[N+](=O)[O-]. The summed E-state index contributed by atoms with van der Waals surface area (Å²) in [6, 6.07) is 3.52. The monoisotopic (exact) mass is 236 g/mol. The Labute approximate surface area is 99.6 Å². The van der Waals surface area contributed by atoms with Crippen LogP contribution in [0.4, 0.5) is 17.1 Å². The second-order valence-electron chi connectivity index (χ2n) is 4.19. The van der Waals surface area contributed by atoms with Crippen molar-refractivity contribution in [2.75, 3.05) is 36.8 Å². The van der Waals surface area contributed by atoms with Crippen LogP contribution < -0.4 is 16.0 Å². The molecule has 0 saturated carbocycles. The highest BCUT2D eigenvalue weighted by molar-refractivity contribution is 5.70. The van der Waals surface area contributed by atoms with Crippen molar-refractivity contribution in [3.63, 3.8) is 0 Å². The van der Waals surface area contributed by atoms with Crippen molar-refractivity contribution < 1.29 is 4.92 Å². The van der Waals surface area contributed by atoms with Gasteiger partial charge < -0.3 is 16.0 Å². The number of hydrogen-bond donors (Lipinski definition) is 2. The van der Waals surface area contributed by atoms with Crippen LogP contribution in [-0.2, 0) is 0 Å². The van der Waals surface area contributed by atoms with Crippen molar-refractivity contribution in [2.45, 2.75) is 6.92 Å². The van der Waals surface area contributed by atoms with E-state index in [0.717, 1.165) is 31.9 Å². The smallest absolute Gasteiger partial charge is 0.295 e. The van der Waals surface area contributed by atoms with Crippen LogP contribution in [0, 0.1) is 17.0 Å². The van der Waals surface area contributed by atoms with E-state index in [2.05, 4.69) is 10.2 Å². The van der Waals surface area contributed by atoms with Gasteiger partial charge in [-0.3, -0.25) is 10.1 Å². The number of nitrogen functional groups attached to an aromatic ring is 1. The number of nitrogens with zero attached hydrogens (tertiary/aromatic N) is 2. The van der Waals surface area contributed by atoms with E-state index in [1.165, 1.54) is 0 Å². The van der Waals surface area contributed by atoms with Crippen LogP contribution in [0.2, 0.25) is 0 Å². The van der Waals surface area contributed by atoms with Gasteiger partial charge in [0.1, 0.15) is 5.69 Å². The molecule has 1 heterocycles. The molecule has 0 amide bonds. The summed E-state index contributed by atoms with van der Waals surface area (Å²) in [6.07, 6.45) is 0. The third-order valence-electron chi connectivity index (χ3n) is 2.98. The molecule has 0 spiro atoms. The first kappa shape index (κ1) is 11.7. The summed E-state index contributed by atoms with van der Waals surface area (Å²) >= 11 is 0. The maximum Gasteiger partial charge on any atom is 0.295 e. The van der Waals surface area contributed by atoms with E-state index >= 15 is 0 Å². The van der Waals surface area contributed by atoms with Gasteiger partial charge in [-0.2, -0.15) is 0 Å². The number of nitro benzene ring substituents is 1. The van der Waals surface area contributed by atoms with Gasteiger partial charge >= 0.3 is 0 Å². The first-order valence-electron chi connectivity index (χ1n) is 5.60. The number of nitro groups is 1. The first-order chi connectivity index (χ1) is 8.09. The van der Waals surface area contributed by atoms with E-state index in [9.17, 15) is 10.1 Å². The number of benzene rings is 1. The van der Waals surface area contributed by atoms with E-state index in [4.69, 9.17) is 5.73 Å². The van der Waals surface area contributed by atoms with Crippen molar-refractivity contribution in [2.24, 2.45) is 0 Å². The van der Waals surface area contributed by atoms with Crippen molar-refractivity contribution >= 4 is 17.1 Å². The minimum atomic E-state index is -0.424. The lowest BCUT2D eigenvalue weighted by Crippen LogP contribution is -2.43. The Morgan fingerprint density at radius 1 is 1.41 bits per heavy atom.